The van der Waals surface area contributed by atoms with Crippen LogP contribution in [0.4, 0.5) is 0 Å². The third kappa shape index (κ3) is 3.20. The van der Waals surface area contributed by atoms with Gasteiger partial charge in [-0.05, 0) is 32.8 Å². The molecule has 3 heteroatoms. The molecule has 1 fully saturated rings. The summed E-state index contributed by atoms with van der Waals surface area (Å²) < 4.78 is 11.6. The van der Waals surface area contributed by atoms with Gasteiger partial charge in [-0.25, -0.2) is 0 Å². The first-order valence-corrected chi connectivity index (χ1v) is 6.29. The molecule has 0 amide bonds. The first-order valence-electron chi connectivity index (χ1n) is 6.29. The summed E-state index contributed by atoms with van der Waals surface area (Å²) in [6.45, 7) is 4.69. The van der Waals surface area contributed by atoms with Gasteiger partial charge in [-0.2, -0.15) is 0 Å². The number of rotatable bonds is 4. The molecule has 1 aromatic rings. The van der Waals surface area contributed by atoms with Crippen molar-refractivity contribution >= 4 is 0 Å². The predicted octanol–water partition coefficient (Wildman–Crippen LogP) is 2.65. The lowest BCUT2D eigenvalue weighted by Gasteiger charge is -2.16. The lowest BCUT2D eigenvalue weighted by molar-refractivity contribution is 0.0262. The molecular formula is C14H21NO2. The van der Waals surface area contributed by atoms with Crippen LogP contribution in [0.15, 0.2) is 24.3 Å². The van der Waals surface area contributed by atoms with E-state index < -0.39 is 0 Å². The molecule has 2 rings (SSSR count). The van der Waals surface area contributed by atoms with Gasteiger partial charge in [0.1, 0.15) is 12.4 Å². The number of hydrogen-bond donors (Lipinski definition) is 1. The van der Waals surface area contributed by atoms with Gasteiger partial charge in [0.25, 0.3) is 0 Å². The van der Waals surface area contributed by atoms with Crippen LogP contribution in [0.2, 0.25) is 0 Å². The first kappa shape index (κ1) is 12.4. The molecule has 94 valence electrons. The Bertz CT molecular complexity index is 365. The van der Waals surface area contributed by atoms with Crippen molar-refractivity contribution in [1.82, 2.24) is 0 Å². The fourth-order valence-electron chi connectivity index (χ4n) is 2.18. The molecule has 0 aromatic heterocycles. The summed E-state index contributed by atoms with van der Waals surface area (Å²) in [5.41, 5.74) is 6.96. The lowest BCUT2D eigenvalue weighted by Crippen LogP contribution is -2.19. The SMILES string of the molecule is CC1CCC(COc2ccccc2[C@H](C)N)O1. The first-order chi connectivity index (χ1) is 8.16. The minimum Gasteiger partial charge on any atom is -0.491 e. The van der Waals surface area contributed by atoms with E-state index in [1.165, 1.54) is 0 Å². The molecule has 0 saturated carbocycles. The Kier molecular flexibility index (Phi) is 4.02. The topological polar surface area (TPSA) is 44.5 Å². The normalized spacial score (nSPS) is 25.8. The number of ether oxygens (including phenoxy) is 2. The van der Waals surface area contributed by atoms with E-state index in [2.05, 4.69) is 6.92 Å². The maximum Gasteiger partial charge on any atom is 0.124 e. The van der Waals surface area contributed by atoms with Crippen LogP contribution in [0.5, 0.6) is 5.75 Å². The van der Waals surface area contributed by atoms with Crippen molar-refractivity contribution in [2.75, 3.05) is 6.61 Å². The van der Waals surface area contributed by atoms with E-state index in [4.69, 9.17) is 15.2 Å². The fourth-order valence-corrected chi connectivity index (χ4v) is 2.18. The second kappa shape index (κ2) is 5.52. The maximum atomic E-state index is 5.91. The van der Waals surface area contributed by atoms with Gasteiger partial charge in [0.05, 0.1) is 12.2 Å². The van der Waals surface area contributed by atoms with Crippen molar-refractivity contribution in [2.24, 2.45) is 5.73 Å². The summed E-state index contributed by atoms with van der Waals surface area (Å²) in [6.07, 6.45) is 2.81. The van der Waals surface area contributed by atoms with E-state index in [0.717, 1.165) is 24.2 Å². The molecule has 1 aromatic carbocycles. The quantitative estimate of drug-likeness (QED) is 0.872. The molecule has 3 nitrogen and oxygen atoms in total. The monoisotopic (exact) mass is 235 g/mol. The van der Waals surface area contributed by atoms with Crippen molar-refractivity contribution in [3.05, 3.63) is 29.8 Å². The average molecular weight is 235 g/mol. The number of benzene rings is 1. The third-order valence-corrected chi connectivity index (χ3v) is 3.15. The number of nitrogens with two attached hydrogens (primary N) is 1. The zero-order chi connectivity index (χ0) is 12.3. The highest BCUT2D eigenvalue weighted by molar-refractivity contribution is 5.35. The fraction of sp³-hybridized carbons (Fsp3) is 0.571. The molecule has 1 saturated heterocycles. The highest BCUT2D eigenvalue weighted by Crippen LogP contribution is 2.25. The Morgan fingerprint density at radius 2 is 2.18 bits per heavy atom. The average Bonchev–Trinajstić information content (AvgIpc) is 2.73. The Morgan fingerprint density at radius 3 is 2.82 bits per heavy atom. The summed E-state index contributed by atoms with van der Waals surface area (Å²) in [6, 6.07) is 7.93. The molecule has 2 unspecified atom stereocenters. The van der Waals surface area contributed by atoms with Crippen molar-refractivity contribution in [3.8, 4) is 5.75 Å². The largest absolute Gasteiger partial charge is 0.491 e. The van der Waals surface area contributed by atoms with E-state index in [0.29, 0.717) is 12.7 Å². The summed E-state index contributed by atoms with van der Waals surface area (Å²) >= 11 is 0. The van der Waals surface area contributed by atoms with Gasteiger partial charge in [0.15, 0.2) is 0 Å². The summed E-state index contributed by atoms with van der Waals surface area (Å²) in [4.78, 5) is 0. The van der Waals surface area contributed by atoms with E-state index in [-0.39, 0.29) is 12.1 Å². The van der Waals surface area contributed by atoms with Gasteiger partial charge in [0.2, 0.25) is 0 Å². The van der Waals surface area contributed by atoms with Gasteiger partial charge in [0, 0.05) is 11.6 Å². The zero-order valence-corrected chi connectivity index (χ0v) is 10.6. The second-order valence-electron chi connectivity index (χ2n) is 4.78. The van der Waals surface area contributed by atoms with Crippen LogP contribution < -0.4 is 10.5 Å². The molecule has 1 aliphatic rings. The molecule has 3 atom stereocenters. The highest BCUT2D eigenvalue weighted by Gasteiger charge is 2.22. The zero-order valence-electron chi connectivity index (χ0n) is 10.6. The Hall–Kier alpha value is -1.06. The molecule has 0 radical (unpaired) electrons. The standard InChI is InChI=1S/C14H21NO2/c1-10-7-8-12(17-10)9-16-14-6-4-3-5-13(14)11(2)15/h3-6,10-12H,7-9,15H2,1-2H3/t10?,11-,12?/m0/s1. The van der Waals surface area contributed by atoms with Crippen LogP contribution in [-0.4, -0.2) is 18.8 Å². The van der Waals surface area contributed by atoms with Crippen LogP contribution in [0.3, 0.4) is 0 Å². The van der Waals surface area contributed by atoms with E-state index in [9.17, 15) is 0 Å². The molecule has 17 heavy (non-hydrogen) atoms. The van der Waals surface area contributed by atoms with Gasteiger partial charge >= 0.3 is 0 Å². The van der Waals surface area contributed by atoms with Gasteiger partial charge in [-0.15, -0.1) is 0 Å². The van der Waals surface area contributed by atoms with Crippen LogP contribution in [0.1, 0.15) is 38.3 Å². The van der Waals surface area contributed by atoms with Crippen molar-refractivity contribution < 1.29 is 9.47 Å². The van der Waals surface area contributed by atoms with Crippen molar-refractivity contribution in [3.63, 3.8) is 0 Å². The Morgan fingerprint density at radius 1 is 1.41 bits per heavy atom. The minimum atomic E-state index is -0.00498. The summed E-state index contributed by atoms with van der Waals surface area (Å²) in [5.74, 6) is 0.880. The summed E-state index contributed by atoms with van der Waals surface area (Å²) in [5, 5.41) is 0. The van der Waals surface area contributed by atoms with Gasteiger partial charge in [-0.3, -0.25) is 0 Å². The minimum absolute atomic E-state index is 0.00498. The maximum absolute atomic E-state index is 5.91. The molecule has 0 spiro atoms. The predicted molar refractivity (Wildman–Crippen MR) is 68.1 cm³/mol. The Labute approximate surface area is 103 Å². The molecule has 2 N–H and O–H groups in total. The van der Waals surface area contributed by atoms with Gasteiger partial charge in [-0.1, -0.05) is 18.2 Å². The smallest absolute Gasteiger partial charge is 0.124 e. The van der Waals surface area contributed by atoms with Crippen LogP contribution in [0, 0.1) is 0 Å². The van der Waals surface area contributed by atoms with E-state index in [1.807, 2.05) is 31.2 Å². The molecule has 1 heterocycles. The molecule has 0 aliphatic carbocycles. The molecule has 1 aliphatic heterocycles. The Balaban J connectivity index is 1.94. The van der Waals surface area contributed by atoms with Crippen LogP contribution >= 0.6 is 0 Å². The lowest BCUT2D eigenvalue weighted by atomic mass is 10.1. The molecule has 0 bridgehead atoms. The van der Waals surface area contributed by atoms with E-state index in [1.54, 1.807) is 0 Å². The highest BCUT2D eigenvalue weighted by atomic mass is 16.5. The van der Waals surface area contributed by atoms with Crippen molar-refractivity contribution in [1.29, 1.82) is 0 Å². The molecular weight excluding hydrogens is 214 g/mol. The third-order valence-electron chi connectivity index (χ3n) is 3.15. The van der Waals surface area contributed by atoms with Crippen LogP contribution in [0.25, 0.3) is 0 Å². The van der Waals surface area contributed by atoms with Gasteiger partial charge < -0.3 is 15.2 Å². The second-order valence-corrected chi connectivity index (χ2v) is 4.78. The number of para-hydroxylation sites is 1. The van der Waals surface area contributed by atoms with Crippen molar-refractivity contribution in [2.45, 2.75) is 44.9 Å². The van der Waals surface area contributed by atoms with E-state index >= 15 is 0 Å². The number of hydrogen-bond acceptors (Lipinski definition) is 3. The summed E-state index contributed by atoms with van der Waals surface area (Å²) in [7, 11) is 0. The van der Waals surface area contributed by atoms with Crippen LogP contribution in [-0.2, 0) is 4.74 Å².